The number of nitrogens with one attached hydrogen (secondary N) is 1. The second-order valence-electron chi connectivity index (χ2n) is 6.02. The molecule has 0 atom stereocenters. The second-order valence-corrected chi connectivity index (χ2v) is 6.02. The van der Waals surface area contributed by atoms with Gasteiger partial charge in [0.05, 0.1) is 0 Å². The Hall–Kier alpha value is -1.35. The Balaban J connectivity index is 2.68. The SMILES string of the molecule is CCCC(C)(C)NC(=O)c1ccc(CN(C)C)cc1. The van der Waals surface area contributed by atoms with Gasteiger partial charge < -0.3 is 10.2 Å². The molecule has 0 saturated heterocycles. The normalized spacial score (nSPS) is 11.7. The van der Waals surface area contributed by atoms with Crippen LogP contribution in [0.15, 0.2) is 24.3 Å². The number of carbonyl (C=O) groups excluding carboxylic acids is 1. The van der Waals surface area contributed by atoms with Crippen molar-refractivity contribution >= 4 is 5.91 Å². The molecule has 0 aliphatic rings. The molecular weight excluding hydrogens is 236 g/mol. The van der Waals surface area contributed by atoms with Crippen LogP contribution in [-0.4, -0.2) is 30.4 Å². The first-order valence-corrected chi connectivity index (χ1v) is 6.90. The molecule has 0 aliphatic heterocycles. The summed E-state index contributed by atoms with van der Waals surface area (Å²) in [7, 11) is 4.07. The van der Waals surface area contributed by atoms with Crippen LogP contribution in [0.1, 0.15) is 49.5 Å². The summed E-state index contributed by atoms with van der Waals surface area (Å²) in [6.45, 7) is 7.15. The lowest BCUT2D eigenvalue weighted by Gasteiger charge is -2.25. The first-order chi connectivity index (χ1) is 8.84. The summed E-state index contributed by atoms with van der Waals surface area (Å²) in [5.41, 5.74) is 1.80. The zero-order chi connectivity index (χ0) is 14.5. The van der Waals surface area contributed by atoms with E-state index in [0.29, 0.717) is 0 Å². The minimum Gasteiger partial charge on any atom is -0.347 e. The van der Waals surface area contributed by atoms with Crippen LogP contribution >= 0.6 is 0 Å². The fourth-order valence-electron chi connectivity index (χ4n) is 2.19. The maximum Gasteiger partial charge on any atom is 0.251 e. The smallest absolute Gasteiger partial charge is 0.251 e. The standard InChI is InChI=1S/C16H26N2O/c1-6-11-16(2,3)17-15(19)14-9-7-13(8-10-14)12-18(4)5/h7-10H,6,11-12H2,1-5H3,(H,17,19). The van der Waals surface area contributed by atoms with Crippen LogP contribution in [0.25, 0.3) is 0 Å². The van der Waals surface area contributed by atoms with Gasteiger partial charge >= 0.3 is 0 Å². The quantitative estimate of drug-likeness (QED) is 0.854. The molecule has 19 heavy (non-hydrogen) atoms. The van der Waals surface area contributed by atoms with Gasteiger partial charge in [-0.2, -0.15) is 0 Å². The van der Waals surface area contributed by atoms with E-state index in [-0.39, 0.29) is 11.4 Å². The summed E-state index contributed by atoms with van der Waals surface area (Å²) in [5.74, 6) is 0.00912. The highest BCUT2D eigenvalue weighted by Crippen LogP contribution is 2.13. The lowest BCUT2D eigenvalue weighted by Crippen LogP contribution is -2.43. The van der Waals surface area contributed by atoms with Gasteiger partial charge in [0.25, 0.3) is 5.91 Å². The third kappa shape index (κ3) is 5.43. The van der Waals surface area contributed by atoms with Crippen molar-refractivity contribution in [2.75, 3.05) is 14.1 Å². The molecule has 0 aromatic heterocycles. The summed E-state index contributed by atoms with van der Waals surface area (Å²) >= 11 is 0. The van der Waals surface area contributed by atoms with E-state index in [0.717, 1.165) is 24.9 Å². The monoisotopic (exact) mass is 262 g/mol. The summed E-state index contributed by atoms with van der Waals surface area (Å²) in [4.78, 5) is 14.3. The van der Waals surface area contributed by atoms with Gasteiger partial charge in [-0.1, -0.05) is 25.5 Å². The number of carbonyl (C=O) groups is 1. The number of hydrogen-bond donors (Lipinski definition) is 1. The number of hydrogen-bond acceptors (Lipinski definition) is 2. The highest BCUT2D eigenvalue weighted by atomic mass is 16.1. The van der Waals surface area contributed by atoms with Crippen molar-refractivity contribution in [2.45, 2.75) is 45.7 Å². The molecule has 0 fully saturated rings. The highest BCUT2D eigenvalue weighted by Gasteiger charge is 2.19. The van der Waals surface area contributed by atoms with Gasteiger partial charge in [-0.3, -0.25) is 4.79 Å². The fraction of sp³-hybridized carbons (Fsp3) is 0.562. The first-order valence-electron chi connectivity index (χ1n) is 6.90. The Labute approximate surface area is 117 Å². The van der Waals surface area contributed by atoms with Gasteiger partial charge in [-0.05, 0) is 52.1 Å². The molecule has 1 aromatic carbocycles. The number of nitrogens with zero attached hydrogens (tertiary/aromatic N) is 1. The van der Waals surface area contributed by atoms with Crippen molar-refractivity contribution in [3.05, 3.63) is 35.4 Å². The van der Waals surface area contributed by atoms with Gasteiger partial charge in [0, 0.05) is 17.6 Å². The van der Waals surface area contributed by atoms with Crippen LogP contribution in [0, 0.1) is 0 Å². The summed E-state index contributed by atoms with van der Waals surface area (Å²) in [6.07, 6.45) is 2.05. The molecule has 0 radical (unpaired) electrons. The van der Waals surface area contributed by atoms with E-state index in [4.69, 9.17) is 0 Å². The maximum absolute atomic E-state index is 12.1. The molecule has 1 aromatic rings. The van der Waals surface area contributed by atoms with E-state index < -0.39 is 0 Å². The molecule has 0 bridgehead atoms. The molecule has 1 rings (SSSR count). The molecule has 0 spiro atoms. The van der Waals surface area contributed by atoms with Crippen molar-refractivity contribution < 1.29 is 4.79 Å². The molecule has 0 saturated carbocycles. The molecule has 3 heteroatoms. The van der Waals surface area contributed by atoms with E-state index in [1.807, 2.05) is 38.4 Å². The maximum atomic E-state index is 12.1. The minimum absolute atomic E-state index is 0.00912. The molecule has 0 aliphatic carbocycles. The summed E-state index contributed by atoms with van der Waals surface area (Å²) in [6, 6.07) is 7.83. The van der Waals surface area contributed by atoms with Crippen molar-refractivity contribution in [3.63, 3.8) is 0 Å². The molecule has 3 nitrogen and oxygen atoms in total. The largest absolute Gasteiger partial charge is 0.347 e. The van der Waals surface area contributed by atoms with Gasteiger partial charge in [0.15, 0.2) is 0 Å². The van der Waals surface area contributed by atoms with Crippen LogP contribution in [0.4, 0.5) is 0 Å². The van der Waals surface area contributed by atoms with E-state index >= 15 is 0 Å². The van der Waals surface area contributed by atoms with E-state index in [1.54, 1.807) is 0 Å². The van der Waals surface area contributed by atoms with Crippen LogP contribution in [0.3, 0.4) is 0 Å². The average molecular weight is 262 g/mol. The fourth-order valence-corrected chi connectivity index (χ4v) is 2.19. The Morgan fingerprint density at radius 3 is 2.26 bits per heavy atom. The van der Waals surface area contributed by atoms with Crippen molar-refractivity contribution in [2.24, 2.45) is 0 Å². The van der Waals surface area contributed by atoms with Gasteiger partial charge in [-0.25, -0.2) is 0 Å². The zero-order valence-electron chi connectivity index (χ0n) is 12.8. The minimum atomic E-state index is -0.145. The van der Waals surface area contributed by atoms with Gasteiger partial charge in [0.1, 0.15) is 0 Å². The van der Waals surface area contributed by atoms with Crippen molar-refractivity contribution in [1.82, 2.24) is 10.2 Å². The third-order valence-electron chi connectivity index (χ3n) is 3.04. The molecule has 0 unspecified atom stereocenters. The van der Waals surface area contributed by atoms with Gasteiger partial charge in [0.2, 0.25) is 0 Å². The molecule has 0 heterocycles. The van der Waals surface area contributed by atoms with E-state index in [1.165, 1.54) is 5.56 Å². The van der Waals surface area contributed by atoms with E-state index in [2.05, 4.69) is 31.0 Å². The lowest BCUT2D eigenvalue weighted by molar-refractivity contribution is 0.0909. The Bertz CT molecular complexity index is 407. The first kappa shape index (κ1) is 15.7. The molecular formula is C16H26N2O. The Morgan fingerprint density at radius 2 is 1.79 bits per heavy atom. The highest BCUT2D eigenvalue weighted by molar-refractivity contribution is 5.94. The predicted octanol–water partition coefficient (Wildman–Crippen LogP) is 3.06. The number of amides is 1. The van der Waals surface area contributed by atoms with Crippen LogP contribution in [0.2, 0.25) is 0 Å². The predicted molar refractivity (Wildman–Crippen MR) is 80.3 cm³/mol. The average Bonchev–Trinajstić information content (AvgIpc) is 2.28. The number of benzene rings is 1. The number of rotatable bonds is 6. The van der Waals surface area contributed by atoms with E-state index in [9.17, 15) is 4.79 Å². The summed E-state index contributed by atoms with van der Waals surface area (Å²) in [5, 5.41) is 3.08. The zero-order valence-corrected chi connectivity index (χ0v) is 12.8. The molecule has 1 amide bonds. The topological polar surface area (TPSA) is 32.3 Å². The van der Waals surface area contributed by atoms with Crippen LogP contribution in [-0.2, 0) is 6.54 Å². The Morgan fingerprint density at radius 1 is 1.21 bits per heavy atom. The van der Waals surface area contributed by atoms with Gasteiger partial charge in [-0.15, -0.1) is 0 Å². The van der Waals surface area contributed by atoms with Crippen molar-refractivity contribution in [1.29, 1.82) is 0 Å². The Kier molecular flexibility index (Phi) is 5.55. The molecule has 106 valence electrons. The van der Waals surface area contributed by atoms with Crippen LogP contribution in [0.5, 0.6) is 0 Å². The third-order valence-corrected chi connectivity index (χ3v) is 3.04. The summed E-state index contributed by atoms with van der Waals surface area (Å²) < 4.78 is 0. The van der Waals surface area contributed by atoms with Crippen LogP contribution < -0.4 is 5.32 Å². The second kappa shape index (κ2) is 6.71. The molecule has 1 N–H and O–H groups in total. The lowest BCUT2D eigenvalue weighted by atomic mass is 9.98. The van der Waals surface area contributed by atoms with Crippen molar-refractivity contribution in [3.8, 4) is 0 Å².